The summed E-state index contributed by atoms with van der Waals surface area (Å²) in [5.74, 6) is 0. The molecule has 20 heavy (non-hydrogen) atoms. The first-order valence-corrected chi connectivity index (χ1v) is 6.92. The molecule has 0 radical (unpaired) electrons. The first kappa shape index (κ1) is 16.6. The van der Waals surface area contributed by atoms with Gasteiger partial charge >= 0.3 is 6.09 Å². The summed E-state index contributed by atoms with van der Waals surface area (Å²) in [6, 6.07) is 3.12. The van der Waals surface area contributed by atoms with Crippen LogP contribution in [-0.2, 0) is 4.74 Å². The third-order valence-corrected chi connectivity index (χ3v) is 3.36. The molecule has 0 bridgehead atoms. The van der Waals surface area contributed by atoms with Crippen molar-refractivity contribution in [3.05, 3.63) is 21.9 Å². The number of ether oxygens (including phenoxy) is 1. The summed E-state index contributed by atoms with van der Waals surface area (Å²) >= 11 is 1.09. The highest BCUT2D eigenvalue weighted by molar-refractivity contribution is 7.13. The van der Waals surface area contributed by atoms with E-state index in [0.29, 0.717) is 16.0 Å². The van der Waals surface area contributed by atoms with Crippen molar-refractivity contribution in [3.63, 3.8) is 0 Å². The van der Waals surface area contributed by atoms with E-state index in [0.717, 1.165) is 11.3 Å². The maximum atomic E-state index is 11.4. The Hall–Kier alpha value is -1.44. The molecule has 0 saturated heterocycles. The normalized spacial score (nSPS) is 14.4. The number of carbonyl (C=O) groups is 2. The molecule has 1 heterocycles. The van der Waals surface area contributed by atoms with Crippen molar-refractivity contribution in [1.29, 1.82) is 0 Å². The fourth-order valence-corrected chi connectivity index (χ4v) is 2.26. The molecule has 0 aliphatic rings. The first-order chi connectivity index (χ1) is 9.23. The van der Waals surface area contributed by atoms with Gasteiger partial charge in [-0.2, -0.15) is 0 Å². The van der Waals surface area contributed by atoms with Crippen LogP contribution >= 0.6 is 11.3 Å². The summed E-state index contributed by atoms with van der Waals surface area (Å²) in [4.78, 5) is 22.9. The molecule has 0 spiro atoms. The number of carbonyl (C=O) groups excluding carboxylic acids is 2. The predicted molar refractivity (Wildman–Crippen MR) is 74.9 cm³/mol. The van der Waals surface area contributed by atoms with E-state index in [4.69, 9.17) is 4.74 Å². The van der Waals surface area contributed by atoms with Gasteiger partial charge in [-0.1, -0.05) is 0 Å². The molecular weight excluding hydrogens is 282 g/mol. The zero-order valence-corrected chi connectivity index (χ0v) is 12.4. The quantitative estimate of drug-likeness (QED) is 0.716. The fourth-order valence-electron chi connectivity index (χ4n) is 1.39. The molecule has 1 amide bonds. The highest BCUT2D eigenvalue weighted by Gasteiger charge is 2.22. The van der Waals surface area contributed by atoms with Crippen LogP contribution in [0.3, 0.4) is 0 Å². The minimum Gasteiger partial charge on any atom is -0.444 e. The van der Waals surface area contributed by atoms with Gasteiger partial charge in [0.05, 0.1) is 4.88 Å². The van der Waals surface area contributed by atoms with Crippen LogP contribution in [0.1, 0.15) is 41.4 Å². The summed E-state index contributed by atoms with van der Waals surface area (Å²) in [6.07, 6.45) is -2.33. The van der Waals surface area contributed by atoms with Crippen LogP contribution in [0.15, 0.2) is 12.1 Å². The Morgan fingerprint density at radius 1 is 1.45 bits per heavy atom. The zero-order chi connectivity index (χ0) is 15.3. The molecule has 1 aromatic heterocycles. The third-order valence-electron chi connectivity index (χ3n) is 2.27. The van der Waals surface area contributed by atoms with E-state index in [1.165, 1.54) is 0 Å². The lowest BCUT2D eigenvalue weighted by atomic mass is 10.1. The lowest BCUT2D eigenvalue weighted by molar-refractivity contribution is 0.0146. The van der Waals surface area contributed by atoms with Crippen molar-refractivity contribution in [2.75, 3.05) is 6.54 Å². The Morgan fingerprint density at radius 3 is 2.60 bits per heavy atom. The maximum Gasteiger partial charge on any atom is 0.407 e. The lowest BCUT2D eigenvalue weighted by Gasteiger charge is -2.21. The van der Waals surface area contributed by atoms with Crippen LogP contribution in [0.25, 0.3) is 0 Å². The van der Waals surface area contributed by atoms with E-state index in [1.54, 1.807) is 32.9 Å². The average molecular weight is 301 g/mol. The molecule has 112 valence electrons. The molecule has 0 aliphatic carbocycles. The van der Waals surface area contributed by atoms with Crippen LogP contribution in [-0.4, -0.2) is 40.8 Å². The monoisotopic (exact) mass is 301 g/mol. The summed E-state index contributed by atoms with van der Waals surface area (Å²) in [5, 5.41) is 22.1. The van der Waals surface area contributed by atoms with Gasteiger partial charge in [-0.05, 0) is 32.9 Å². The average Bonchev–Trinajstić information content (AvgIpc) is 2.81. The van der Waals surface area contributed by atoms with Crippen LogP contribution in [0.5, 0.6) is 0 Å². The second-order valence-corrected chi connectivity index (χ2v) is 6.40. The van der Waals surface area contributed by atoms with Gasteiger partial charge in [0, 0.05) is 11.4 Å². The molecule has 0 aliphatic heterocycles. The number of alkyl carbamates (subject to hydrolysis) is 1. The Bertz CT molecular complexity index is 466. The number of aldehydes is 1. The van der Waals surface area contributed by atoms with E-state index >= 15 is 0 Å². The number of hydrogen-bond donors (Lipinski definition) is 3. The maximum absolute atomic E-state index is 11.4. The fraction of sp³-hybridized carbons (Fsp3) is 0.538. The zero-order valence-electron chi connectivity index (χ0n) is 11.6. The molecule has 0 saturated carbocycles. The van der Waals surface area contributed by atoms with Crippen LogP contribution < -0.4 is 5.32 Å². The van der Waals surface area contributed by atoms with Crippen LogP contribution in [0.2, 0.25) is 0 Å². The lowest BCUT2D eigenvalue weighted by Crippen LogP contribution is -2.38. The van der Waals surface area contributed by atoms with E-state index in [1.807, 2.05) is 0 Å². The summed E-state index contributed by atoms with van der Waals surface area (Å²) in [6.45, 7) is 5.03. The highest BCUT2D eigenvalue weighted by atomic mass is 32.1. The van der Waals surface area contributed by atoms with E-state index < -0.39 is 23.9 Å². The highest BCUT2D eigenvalue weighted by Crippen LogP contribution is 2.24. The Morgan fingerprint density at radius 2 is 2.10 bits per heavy atom. The first-order valence-electron chi connectivity index (χ1n) is 6.11. The Kier molecular flexibility index (Phi) is 5.67. The standard InChI is InChI=1S/C13H19NO5S/c1-13(2,3)19-12(18)14-6-9(16)11(17)10-5-4-8(7-15)20-10/h4-5,7,9,11,16-17H,6H2,1-3H3,(H,14,18). The van der Waals surface area contributed by atoms with Crippen LogP contribution in [0, 0.1) is 0 Å². The molecule has 1 rings (SSSR count). The number of thiophene rings is 1. The number of aliphatic hydroxyl groups is 2. The molecule has 0 fully saturated rings. The van der Waals surface area contributed by atoms with Gasteiger partial charge in [0.2, 0.25) is 0 Å². The van der Waals surface area contributed by atoms with Gasteiger partial charge in [0.15, 0.2) is 6.29 Å². The van der Waals surface area contributed by atoms with Gasteiger partial charge in [0.1, 0.15) is 17.8 Å². The number of rotatable bonds is 5. The Labute approximate surface area is 121 Å². The number of nitrogens with one attached hydrogen (secondary N) is 1. The van der Waals surface area contributed by atoms with Crippen molar-refractivity contribution in [2.24, 2.45) is 0 Å². The topological polar surface area (TPSA) is 95.9 Å². The van der Waals surface area contributed by atoms with Gasteiger partial charge in [-0.3, -0.25) is 4.79 Å². The molecule has 0 aromatic carbocycles. The van der Waals surface area contributed by atoms with E-state index in [2.05, 4.69) is 5.32 Å². The van der Waals surface area contributed by atoms with Gasteiger partial charge < -0.3 is 20.3 Å². The molecular formula is C13H19NO5S. The molecule has 2 unspecified atom stereocenters. The van der Waals surface area contributed by atoms with Gasteiger partial charge in [0.25, 0.3) is 0 Å². The summed E-state index contributed by atoms with van der Waals surface area (Å²) < 4.78 is 5.01. The van der Waals surface area contributed by atoms with Crippen LogP contribution in [0.4, 0.5) is 4.79 Å². The number of hydrogen-bond acceptors (Lipinski definition) is 6. The third kappa shape index (κ3) is 5.28. The van der Waals surface area contributed by atoms with E-state index in [9.17, 15) is 19.8 Å². The molecule has 7 heteroatoms. The number of amides is 1. The minimum atomic E-state index is -1.18. The molecule has 6 nitrogen and oxygen atoms in total. The largest absolute Gasteiger partial charge is 0.444 e. The SMILES string of the molecule is CC(C)(C)OC(=O)NCC(O)C(O)c1ccc(C=O)s1. The van der Waals surface area contributed by atoms with Crippen molar-refractivity contribution in [3.8, 4) is 0 Å². The van der Waals surface area contributed by atoms with Gasteiger partial charge in [-0.15, -0.1) is 11.3 Å². The smallest absolute Gasteiger partial charge is 0.407 e. The van der Waals surface area contributed by atoms with E-state index in [-0.39, 0.29) is 6.54 Å². The summed E-state index contributed by atoms with van der Waals surface area (Å²) in [5.41, 5.74) is -0.625. The minimum absolute atomic E-state index is 0.148. The molecule has 1 aromatic rings. The number of aliphatic hydroxyl groups excluding tert-OH is 2. The second kappa shape index (κ2) is 6.83. The molecule has 2 atom stereocenters. The van der Waals surface area contributed by atoms with Gasteiger partial charge in [-0.25, -0.2) is 4.79 Å². The van der Waals surface area contributed by atoms with Crippen molar-refractivity contribution in [2.45, 2.75) is 38.6 Å². The Balaban J connectivity index is 2.47. The van der Waals surface area contributed by atoms with Crippen molar-refractivity contribution < 1.29 is 24.5 Å². The van der Waals surface area contributed by atoms with Crippen molar-refractivity contribution in [1.82, 2.24) is 5.32 Å². The summed E-state index contributed by atoms with van der Waals surface area (Å²) in [7, 11) is 0. The van der Waals surface area contributed by atoms with Crippen molar-refractivity contribution >= 4 is 23.7 Å². The second-order valence-electron chi connectivity index (χ2n) is 5.25. The predicted octanol–water partition coefficient (Wildman–Crippen LogP) is 1.48. The molecule has 3 N–H and O–H groups in total.